The van der Waals surface area contributed by atoms with Crippen LogP contribution in [0.2, 0.25) is 0 Å². The van der Waals surface area contributed by atoms with E-state index in [4.69, 9.17) is 21.4 Å². The van der Waals surface area contributed by atoms with Crippen LogP contribution in [0, 0.1) is 0 Å². The fraction of sp³-hybridized carbons (Fsp3) is 0.400. The van der Waals surface area contributed by atoms with Gasteiger partial charge < -0.3 is 9.84 Å². The number of carbonyl (C=O) groups is 1. The van der Waals surface area contributed by atoms with Crippen LogP contribution in [0.1, 0.15) is 23.4 Å². The lowest BCUT2D eigenvalue weighted by atomic mass is 10.1. The first kappa shape index (κ1) is 13.6. The van der Waals surface area contributed by atoms with Crippen molar-refractivity contribution in [3.63, 3.8) is 0 Å². The summed E-state index contributed by atoms with van der Waals surface area (Å²) in [5.74, 6) is -1.09. The summed E-state index contributed by atoms with van der Waals surface area (Å²) < 4.78 is 30.3. The van der Waals surface area contributed by atoms with Gasteiger partial charge in [0.25, 0.3) is 6.43 Å². The van der Waals surface area contributed by atoms with Crippen LogP contribution < -0.4 is 4.74 Å². The van der Waals surface area contributed by atoms with Crippen molar-refractivity contribution in [2.75, 3.05) is 7.11 Å². The molecule has 1 rings (SSSR count). The number of hydrogen-bond donors (Lipinski definition) is 1. The van der Waals surface area contributed by atoms with Crippen molar-refractivity contribution >= 4 is 17.6 Å². The molecule has 0 radical (unpaired) electrons. The monoisotopic (exact) mass is 265 g/mol. The molecule has 0 amide bonds. The molecule has 0 aliphatic heterocycles. The Balaban J connectivity index is 3.29. The second-order valence-corrected chi connectivity index (χ2v) is 3.45. The highest BCUT2D eigenvalue weighted by Gasteiger charge is 2.20. The summed E-state index contributed by atoms with van der Waals surface area (Å²) in [6.45, 7) is 0. The van der Waals surface area contributed by atoms with Gasteiger partial charge in [-0.1, -0.05) is 0 Å². The average molecular weight is 266 g/mol. The summed E-state index contributed by atoms with van der Waals surface area (Å²) >= 11 is 5.54. The van der Waals surface area contributed by atoms with Crippen LogP contribution >= 0.6 is 11.6 Å². The fourth-order valence-corrected chi connectivity index (χ4v) is 1.55. The van der Waals surface area contributed by atoms with Gasteiger partial charge in [-0.15, -0.1) is 11.6 Å². The molecule has 1 N–H and O–H groups in total. The summed E-state index contributed by atoms with van der Waals surface area (Å²) in [6, 6.07) is 1.24. The first-order valence-corrected chi connectivity index (χ1v) is 5.15. The van der Waals surface area contributed by atoms with Crippen molar-refractivity contribution in [3.05, 3.63) is 23.0 Å². The Morgan fingerprint density at radius 2 is 2.29 bits per heavy atom. The number of halogens is 3. The molecule has 7 heteroatoms. The van der Waals surface area contributed by atoms with E-state index >= 15 is 0 Å². The van der Waals surface area contributed by atoms with Crippen molar-refractivity contribution < 1.29 is 23.4 Å². The molecule has 0 saturated carbocycles. The van der Waals surface area contributed by atoms with Gasteiger partial charge in [0.15, 0.2) is 0 Å². The van der Waals surface area contributed by atoms with Crippen molar-refractivity contribution in [2.45, 2.75) is 18.7 Å². The number of aromatic nitrogens is 1. The van der Waals surface area contributed by atoms with Crippen LogP contribution in [0.25, 0.3) is 0 Å². The maximum atomic E-state index is 12.7. The highest BCUT2D eigenvalue weighted by molar-refractivity contribution is 6.17. The third-order valence-corrected chi connectivity index (χ3v) is 2.32. The van der Waals surface area contributed by atoms with Crippen LogP contribution in [0.4, 0.5) is 8.78 Å². The molecule has 0 spiro atoms. The Labute approximate surface area is 101 Å². The van der Waals surface area contributed by atoms with Crippen LogP contribution in [0.5, 0.6) is 5.75 Å². The zero-order valence-electron chi connectivity index (χ0n) is 8.91. The Hall–Kier alpha value is -1.43. The highest BCUT2D eigenvalue weighted by Crippen LogP contribution is 2.28. The van der Waals surface area contributed by atoms with Gasteiger partial charge in [-0.3, -0.25) is 4.79 Å². The number of alkyl halides is 3. The lowest BCUT2D eigenvalue weighted by molar-refractivity contribution is -0.136. The van der Waals surface area contributed by atoms with E-state index in [1.165, 1.54) is 13.2 Å². The number of hydrogen-bond acceptors (Lipinski definition) is 3. The number of nitrogens with zero attached hydrogens (tertiary/aromatic N) is 1. The highest BCUT2D eigenvalue weighted by atomic mass is 35.5. The first-order chi connectivity index (χ1) is 7.99. The van der Waals surface area contributed by atoms with Gasteiger partial charge >= 0.3 is 5.97 Å². The number of carboxylic acid groups (broad SMARTS) is 1. The number of pyridine rings is 1. The van der Waals surface area contributed by atoms with Crippen LogP contribution in [0.15, 0.2) is 6.07 Å². The minimum absolute atomic E-state index is 0.0711. The summed E-state index contributed by atoms with van der Waals surface area (Å²) in [6.07, 6.45) is -3.39. The van der Waals surface area contributed by atoms with Gasteiger partial charge in [-0.25, -0.2) is 13.8 Å². The smallest absolute Gasteiger partial charge is 0.307 e. The summed E-state index contributed by atoms with van der Waals surface area (Å²) in [4.78, 5) is 14.2. The predicted octanol–water partition coefficient (Wildman–Crippen LogP) is 2.39. The van der Waals surface area contributed by atoms with E-state index in [9.17, 15) is 13.6 Å². The van der Waals surface area contributed by atoms with E-state index in [1.807, 2.05) is 0 Å². The Morgan fingerprint density at radius 1 is 1.65 bits per heavy atom. The maximum Gasteiger partial charge on any atom is 0.307 e. The van der Waals surface area contributed by atoms with Crippen LogP contribution in [0.3, 0.4) is 0 Å². The quantitative estimate of drug-likeness (QED) is 0.831. The molecule has 0 bridgehead atoms. The molecule has 0 unspecified atom stereocenters. The molecule has 0 saturated heterocycles. The van der Waals surface area contributed by atoms with E-state index in [0.717, 1.165) is 0 Å². The molecular formula is C10H10ClF2NO3. The van der Waals surface area contributed by atoms with Crippen molar-refractivity contribution in [3.8, 4) is 5.75 Å². The van der Waals surface area contributed by atoms with Crippen LogP contribution in [-0.4, -0.2) is 23.2 Å². The molecule has 0 atom stereocenters. The summed E-state index contributed by atoms with van der Waals surface area (Å²) in [7, 11) is 1.33. The second-order valence-electron chi connectivity index (χ2n) is 3.19. The molecule has 0 aliphatic carbocycles. The molecule has 0 fully saturated rings. The van der Waals surface area contributed by atoms with Gasteiger partial charge in [-0.2, -0.15) is 0 Å². The lowest BCUT2D eigenvalue weighted by Crippen LogP contribution is -2.08. The number of methoxy groups -OCH3 is 1. The molecular weight excluding hydrogens is 256 g/mol. The van der Waals surface area contributed by atoms with Crippen LogP contribution in [-0.2, 0) is 17.1 Å². The molecule has 0 aromatic carbocycles. The van der Waals surface area contributed by atoms with E-state index in [-0.39, 0.29) is 22.9 Å². The topological polar surface area (TPSA) is 59.4 Å². The normalized spacial score (nSPS) is 10.6. The zero-order valence-corrected chi connectivity index (χ0v) is 9.67. The minimum atomic E-state index is -2.85. The molecule has 17 heavy (non-hydrogen) atoms. The molecule has 1 heterocycles. The third-order valence-electron chi connectivity index (χ3n) is 2.07. The number of ether oxygens (including phenoxy) is 1. The molecule has 1 aromatic rings. The summed E-state index contributed by atoms with van der Waals surface area (Å²) in [5, 5.41) is 8.62. The van der Waals surface area contributed by atoms with Gasteiger partial charge in [0.05, 0.1) is 25.1 Å². The zero-order chi connectivity index (χ0) is 13.0. The van der Waals surface area contributed by atoms with Crippen molar-refractivity contribution in [2.24, 2.45) is 0 Å². The van der Waals surface area contributed by atoms with Gasteiger partial charge in [-0.05, 0) is 11.6 Å². The van der Waals surface area contributed by atoms with E-state index in [0.29, 0.717) is 0 Å². The summed E-state index contributed by atoms with van der Waals surface area (Å²) in [5.41, 5.74) is -0.472. The molecule has 4 nitrogen and oxygen atoms in total. The fourth-order valence-electron chi connectivity index (χ4n) is 1.35. The lowest BCUT2D eigenvalue weighted by Gasteiger charge is -2.11. The van der Waals surface area contributed by atoms with Crippen molar-refractivity contribution in [1.29, 1.82) is 0 Å². The third kappa shape index (κ3) is 3.26. The number of carboxylic acids is 1. The molecule has 1 aromatic heterocycles. The Bertz CT molecular complexity index is 426. The number of aliphatic carboxylic acids is 1. The molecule has 94 valence electrons. The maximum absolute atomic E-state index is 12.7. The predicted molar refractivity (Wildman–Crippen MR) is 56.6 cm³/mol. The minimum Gasteiger partial charge on any atom is -0.495 e. The van der Waals surface area contributed by atoms with Gasteiger partial charge in [0.1, 0.15) is 11.4 Å². The Morgan fingerprint density at radius 3 is 2.71 bits per heavy atom. The van der Waals surface area contributed by atoms with E-state index in [2.05, 4.69) is 4.98 Å². The second kappa shape index (κ2) is 5.77. The van der Waals surface area contributed by atoms with E-state index in [1.54, 1.807) is 0 Å². The average Bonchev–Trinajstić information content (AvgIpc) is 2.27. The SMILES string of the molecule is COc1cc(CC(=O)O)c(C(F)F)nc1CCl. The largest absolute Gasteiger partial charge is 0.495 e. The Kier molecular flexibility index (Phi) is 4.62. The standard InChI is InChI=1S/C10H10ClF2NO3/c1-17-7-2-5(3-8(15)16)9(10(12)13)14-6(7)4-11/h2,10H,3-4H2,1H3,(H,15,16). The van der Waals surface area contributed by atoms with E-state index < -0.39 is 24.5 Å². The molecule has 0 aliphatic rings. The van der Waals surface area contributed by atoms with Gasteiger partial charge in [0.2, 0.25) is 0 Å². The van der Waals surface area contributed by atoms with Crippen molar-refractivity contribution in [1.82, 2.24) is 4.98 Å². The number of rotatable bonds is 5. The van der Waals surface area contributed by atoms with Gasteiger partial charge in [0, 0.05) is 0 Å². The first-order valence-electron chi connectivity index (χ1n) is 4.62.